The van der Waals surface area contributed by atoms with Gasteiger partial charge < -0.3 is 19.8 Å². The fraction of sp³-hybridized carbons (Fsp3) is 0.846. The molecule has 7 heteroatoms. The van der Waals surface area contributed by atoms with Crippen LogP contribution in [-0.2, 0) is 5.60 Å². The number of aromatic nitrogens is 2. The number of likely N-dealkylation sites (N-methyl/N-ethyl adjacent to an activating group) is 2. The van der Waals surface area contributed by atoms with Crippen LogP contribution in [-0.4, -0.2) is 71.9 Å². The maximum atomic E-state index is 10.6. The number of hydrogen-bond donors (Lipinski definition) is 2. The molecule has 112 valence electrons. The van der Waals surface area contributed by atoms with Crippen LogP contribution in [0.1, 0.15) is 30.6 Å². The van der Waals surface area contributed by atoms with Crippen molar-refractivity contribution < 1.29 is 9.63 Å². The van der Waals surface area contributed by atoms with E-state index in [0.29, 0.717) is 24.6 Å². The van der Waals surface area contributed by atoms with Gasteiger partial charge in [-0.15, -0.1) is 0 Å². The van der Waals surface area contributed by atoms with E-state index in [2.05, 4.69) is 39.4 Å². The van der Waals surface area contributed by atoms with Gasteiger partial charge in [0.25, 0.3) is 5.89 Å². The van der Waals surface area contributed by atoms with Crippen LogP contribution in [0.4, 0.5) is 0 Å². The molecule has 0 aliphatic carbocycles. The van der Waals surface area contributed by atoms with Gasteiger partial charge in [-0.1, -0.05) is 5.16 Å². The second-order valence-corrected chi connectivity index (χ2v) is 6.00. The summed E-state index contributed by atoms with van der Waals surface area (Å²) in [5.74, 6) is 1.05. The van der Waals surface area contributed by atoms with Crippen molar-refractivity contribution in [2.45, 2.75) is 24.5 Å². The average Bonchev–Trinajstić information content (AvgIpc) is 2.93. The first-order valence-electron chi connectivity index (χ1n) is 7.24. The maximum absolute atomic E-state index is 10.6. The van der Waals surface area contributed by atoms with E-state index in [1.54, 1.807) is 0 Å². The Hall–Kier alpha value is -1.02. The molecule has 1 unspecified atom stereocenters. The van der Waals surface area contributed by atoms with E-state index in [0.717, 1.165) is 32.7 Å². The molecular formula is C13H23N5O2. The summed E-state index contributed by atoms with van der Waals surface area (Å²) < 4.78 is 5.36. The monoisotopic (exact) mass is 281 g/mol. The number of rotatable bonds is 2. The van der Waals surface area contributed by atoms with Crippen molar-refractivity contribution in [2.75, 3.05) is 46.8 Å². The molecule has 2 N–H and O–H groups in total. The second kappa shape index (κ2) is 5.40. The lowest BCUT2D eigenvalue weighted by molar-refractivity contribution is -0.0228. The van der Waals surface area contributed by atoms with Crippen LogP contribution in [0.2, 0.25) is 0 Å². The van der Waals surface area contributed by atoms with Crippen LogP contribution < -0.4 is 5.32 Å². The molecule has 1 aromatic heterocycles. The van der Waals surface area contributed by atoms with Crippen LogP contribution in [0.15, 0.2) is 4.52 Å². The van der Waals surface area contributed by atoms with Crippen molar-refractivity contribution in [3.05, 3.63) is 11.7 Å². The van der Waals surface area contributed by atoms with Gasteiger partial charge in [-0.3, -0.25) is 4.90 Å². The molecular weight excluding hydrogens is 258 g/mol. The molecule has 0 aromatic carbocycles. The van der Waals surface area contributed by atoms with E-state index < -0.39 is 5.60 Å². The third-order valence-corrected chi connectivity index (χ3v) is 4.42. The first-order chi connectivity index (χ1) is 9.58. The van der Waals surface area contributed by atoms with Crippen molar-refractivity contribution >= 4 is 0 Å². The third kappa shape index (κ3) is 2.58. The summed E-state index contributed by atoms with van der Waals surface area (Å²) >= 11 is 0. The molecule has 0 amide bonds. The van der Waals surface area contributed by atoms with Gasteiger partial charge in [0.2, 0.25) is 0 Å². The van der Waals surface area contributed by atoms with Gasteiger partial charge >= 0.3 is 0 Å². The Morgan fingerprint density at radius 2 is 2.05 bits per heavy atom. The van der Waals surface area contributed by atoms with Gasteiger partial charge in [0, 0.05) is 19.6 Å². The minimum absolute atomic E-state index is 0.136. The predicted molar refractivity (Wildman–Crippen MR) is 73.2 cm³/mol. The molecule has 0 radical (unpaired) electrons. The molecule has 20 heavy (non-hydrogen) atoms. The molecule has 0 spiro atoms. The lowest BCUT2D eigenvalue weighted by Crippen LogP contribution is -2.45. The largest absolute Gasteiger partial charge is 0.380 e. The smallest absolute Gasteiger partial charge is 0.258 e. The normalized spacial score (nSPS) is 28.6. The Bertz CT molecular complexity index is 457. The Morgan fingerprint density at radius 1 is 1.30 bits per heavy atom. The molecule has 3 heterocycles. The Balaban J connectivity index is 1.79. The van der Waals surface area contributed by atoms with Crippen molar-refractivity contribution in [2.24, 2.45) is 0 Å². The number of piperidine rings is 1. The van der Waals surface area contributed by atoms with Crippen LogP contribution in [0.3, 0.4) is 0 Å². The number of nitrogens with one attached hydrogen (secondary N) is 1. The summed E-state index contributed by atoms with van der Waals surface area (Å²) in [6.07, 6.45) is 1.24. The zero-order chi connectivity index (χ0) is 14.2. The lowest BCUT2D eigenvalue weighted by Gasteiger charge is -2.35. The third-order valence-electron chi connectivity index (χ3n) is 4.42. The highest BCUT2D eigenvalue weighted by Crippen LogP contribution is 2.30. The van der Waals surface area contributed by atoms with Crippen LogP contribution in [0.25, 0.3) is 0 Å². The molecule has 2 aliphatic heterocycles. The number of aliphatic hydroxyl groups is 1. The molecule has 0 bridgehead atoms. The summed E-state index contributed by atoms with van der Waals surface area (Å²) in [5, 5.41) is 18.0. The number of piperazine rings is 1. The average molecular weight is 281 g/mol. The van der Waals surface area contributed by atoms with E-state index in [1.165, 1.54) is 0 Å². The van der Waals surface area contributed by atoms with Crippen molar-refractivity contribution in [1.29, 1.82) is 0 Å². The van der Waals surface area contributed by atoms with Crippen molar-refractivity contribution in [3.63, 3.8) is 0 Å². The molecule has 2 aliphatic rings. The molecule has 0 saturated carbocycles. The molecule has 3 rings (SSSR count). The first kappa shape index (κ1) is 13.9. The summed E-state index contributed by atoms with van der Waals surface area (Å²) in [4.78, 5) is 8.99. The molecule has 1 aromatic rings. The SMILES string of the molecule is CN1CCN(C)C(c2noc(C3(O)CCNCC3)n2)C1. The zero-order valence-corrected chi connectivity index (χ0v) is 12.2. The van der Waals surface area contributed by atoms with E-state index in [-0.39, 0.29) is 6.04 Å². The van der Waals surface area contributed by atoms with Crippen molar-refractivity contribution in [1.82, 2.24) is 25.3 Å². The zero-order valence-electron chi connectivity index (χ0n) is 12.2. The maximum Gasteiger partial charge on any atom is 0.258 e. The highest BCUT2D eigenvalue weighted by molar-refractivity contribution is 5.05. The molecule has 7 nitrogen and oxygen atoms in total. The number of nitrogens with zero attached hydrogens (tertiary/aromatic N) is 4. The van der Waals surface area contributed by atoms with Gasteiger partial charge in [-0.05, 0) is 40.0 Å². The Kier molecular flexibility index (Phi) is 3.76. The van der Waals surface area contributed by atoms with E-state index in [9.17, 15) is 5.11 Å². The first-order valence-corrected chi connectivity index (χ1v) is 7.24. The number of hydrogen-bond acceptors (Lipinski definition) is 7. The Morgan fingerprint density at radius 3 is 2.80 bits per heavy atom. The van der Waals surface area contributed by atoms with Gasteiger partial charge in [0.05, 0.1) is 6.04 Å². The highest BCUT2D eigenvalue weighted by atomic mass is 16.5. The molecule has 1 atom stereocenters. The fourth-order valence-corrected chi connectivity index (χ4v) is 2.90. The van der Waals surface area contributed by atoms with Crippen molar-refractivity contribution in [3.8, 4) is 0 Å². The van der Waals surface area contributed by atoms with E-state index in [1.807, 2.05) is 0 Å². The minimum Gasteiger partial charge on any atom is -0.380 e. The summed E-state index contributed by atoms with van der Waals surface area (Å²) in [7, 11) is 4.17. The Labute approximate surface area is 118 Å². The highest BCUT2D eigenvalue weighted by Gasteiger charge is 2.38. The van der Waals surface area contributed by atoms with Gasteiger partial charge in [0.1, 0.15) is 5.60 Å². The second-order valence-electron chi connectivity index (χ2n) is 6.00. The fourth-order valence-electron chi connectivity index (χ4n) is 2.90. The summed E-state index contributed by atoms with van der Waals surface area (Å²) in [6, 6.07) is 0.136. The minimum atomic E-state index is -0.963. The molecule has 2 fully saturated rings. The van der Waals surface area contributed by atoms with E-state index in [4.69, 9.17) is 4.52 Å². The summed E-state index contributed by atoms with van der Waals surface area (Å²) in [6.45, 7) is 4.47. The van der Waals surface area contributed by atoms with Crippen LogP contribution in [0, 0.1) is 0 Å². The lowest BCUT2D eigenvalue weighted by atomic mass is 9.92. The topological polar surface area (TPSA) is 77.7 Å². The van der Waals surface area contributed by atoms with Gasteiger partial charge in [0.15, 0.2) is 5.82 Å². The summed E-state index contributed by atoms with van der Waals surface area (Å²) in [5.41, 5.74) is -0.963. The van der Waals surface area contributed by atoms with Gasteiger partial charge in [-0.25, -0.2) is 0 Å². The predicted octanol–water partition coefficient (Wildman–Crippen LogP) is -0.441. The quantitative estimate of drug-likeness (QED) is 0.761. The molecule has 2 saturated heterocycles. The van der Waals surface area contributed by atoms with Crippen LogP contribution >= 0.6 is 0 Å². The van der Waals surface area contributed by atoms with Crippen LogP contribution in [0.5, 0.6) is 0 Å². The van der Waals surface area contributed by atoms with Gasteiger partial charge in [-0.2, -0.15) is 4.98 Å². The standard InChI is InChI=1S/C13H23N5O2/c1-17-7-8-18(2)10(9-17)11-15-12(20-16-11)13(19)3-5-14-6-4-13/h10,14,19H,3-9H2,1-2H3. The van der Waals surface area contributed by atoms with E-state index >= 15 is 0 Å².